The minimum atomic E-state index is -1.44. The molecule has 3 aliphatic rings. The van der Waals surface area contributed by atoms with Crippen molar-refractivity contribution in [2.45, 2.75) is 24.6 Å². The molecule has 4 rings (SSSR count). The van der Waals surface area contributed by atoms with Crippen LogP contribution in [0.4, 0.5) is 5.69 Å². The summed E-state index contributed by atoms with van der Waals surface area (Å²) in [7, 11) is 1.48. The zero-order chi connectivity index (χ0) is 19.5. The number of amides is 3. The molecule has 0 saturated carbocycles. The van der Waals surface area contributed by atoms with Gasteiger partial charge in [0, 0.05) is 18.7 Å². The first kappa shape index (κ1) is 18.4. The summed E-state index contributed by atoms with van der Waals surface area (Å²) in [5.41, 5.74) is -0.494. The minimum absolute atomic E-state index is 0.105. The first-order chi connectivity index (χ1) is 12.8. The van der Waals surface area contributed by atoms with Crippen molar-refractivity contribution < 1.29 is 24.2 Å². The second kappa shape index (κ2) is 6.27. The largest absolute Gasteiger partial charge is 0.392 e. The lowest BCUT2D eigenvalue weighted by Gasteiger charge is -2.30. The second-order valence-corrected chi connectivity index (χ2v) is 7.57. The molecule has 8 nitrogen and oxygen atoms in total. The number of rotatable bonds is 4. The predicted octanol–water partition coefficient (Wildman–Crippen LogP) is 0.0876. The fourth-order valence-corrected chi connectivity index (χ4v) is 4.82. The zero-order valence-corrected chi connectivity index (χ0v) is 15.6. The van der Waals surface area contributed by atoms with Crippen LogP contribution < -0.4 is 10.6 Å². The van der Waals surface area contributed by atoms with Gasteiger partial charge >= 0.3 is 0 Å². The molecule has 0 aliphatic carbocycles. The third-order valence-electron chi connectivity index (χ3n) is 5.76. The number of halogens is 1. The summed E-state index contributed by atoms with van der Waals surface area (Å²) in [4.78, 5) is 40.4. The fraction of sp³-hybridized carbons (Fsp3) is 0.500. The number of nitrogens with one attached hydrogen (secondary N) is 2. The maximum absolute atomic E-state index is 13.2. The average molecular weight is 394 g/mol. The number of anilines is 1. The van der Waals surface area contributed by atoms with E-state index >= 15 is 0 Å². The molecular formula is C18H20ClN3O5. The molecule has 5 atom stereocenters. The molecule has 0 radical (unpaired) electrons. The van der Waals surface area contributed by atoms with Gasteiger partial charge in [0.1, 0.15) is 5.54 Å². The number of carbonyl (C=O) groups is 3. The molecule has 3 aliphatic heterocycles. The Labute approximate surface area is 160 Å². The summed E-state index contributed by atoms with van der Waals surface area (Å²) >= 11 is 6.23. The first-order valence-electron chi connectivity index (χ1n) is 8.75. The van der Waals surface area contributed by atoms with Gasteiger partial charge < -0.3 is 15.2 Å². The average Bonchev–Trinajstić information content (AvgIpc) is 3.21. The second-order valence-electron chi connectivity index (χ2n) is 7.16. The summed E-state index contributed by atoms with van der Waals surface area (Å²) in [5, 5.41) is 16.5. The highest BCUT2D eigenvalue weighted by atomic mass is 35.5. The number of para-hydroxylation sites is 1. The van der Waals surface area contributed by atoms with E-state index in [2.05, 4.69) is 10.6 Å². The monoisotopic (exact) mass is 393 g/mol. The summed E-state index contributed by atoms with van der Waals surface area (Å²) in [5.74, 6) is -3.09. The molecular weight excluding hydrogens is 374 g/mol. The van der Waals surface area contributed by atoms with Crippen molar-refractivity contribution in [1.82, 2.24) is 10.2 Å². The van der Waals surface area contributed by atoms with E-state index in [0.29, 0.717) is 16.3 Å². The van der Waals surface area contributed by atoms with Crippen molar-refractivity contribution in [3.8, 4) is 0 Å². The lowest BCUT2D eigenvalue weighted by molar-refractivity contribution is -0.143. The van der Waals surface area contributed by atoms with Gasteiger partial charge in [0.15, 0.2) is 0 Å². The highest BCUT2D eigenvalue weighted by Crippen LogP contribution is 2.54. The van der Waals surface area contributed by atoms with Crippen molar-refractivity contribution in [2.24, 2.45) is 11.8 Å². The molecule has 3 unspecified atom stereocenters. The number of imide groups is 1. The minimum Gasteiger partial charge on any atom is -0.392 e. The number of methoxy groups -OCH3 is 1. The zero-order valence-electron chi connectivity index (χ0n) is 14.9. The van der Waals surface area contributed by atoms with Crippen molar-refractivity contribution in [2.75, 3.05) is 25.6 Å². The number of likely N-dealkylation sites (tertiary alicyclic amines) is 1. The number of benzene rings is 1. The van der Waals surface area contributed by atoms with Crippen LogP contribution in [0.5, 0.6) is 0 Å². The smallest absolute Gasteiger partial charge is 0.250 e. The van der Waals surface area contributed by atoms with Crippen LogP contribution in [0.15, 0.2) is 18.2 Å². The van der Waals surface area contributed by atoms with Gasteiger partial charge in [-0.3, -0.25) is 24.6 Å². The van der Waals surface area contributed by atoms with E-state index < -0.39 is 47.2 Å². The summed E-state index contributed by atoms with van der Waals surface area (Å²) in [6.07, 6.45) is -0.938. The summed E-state index contributed by atoms with van der Waals surface area (Å²) in [6, 6.07) is 4.31. The van der Waals surface area contributed by atoms with E-state index in [1.165, 1.54) is 14.0 Å². The number of fused-ring (bicyclic) bond motifs is 4. The molecule has 0 bridgehead atoms. The van der Waals surface area contributed by atoms with Gasteiger partial charge in [-0.15, -0.1) is 0 Å². The lowest BCUT2D eigenvalue weighted by atomic mass is 9.76. The Kier molecular flexibility index (Phi) is 4.27. The van der Waals surface area contributed by atoms with Crippen LogP contribution in [0.1, 0.15) is 12.5 Å². The van der Waals surface area contributed by atoms with Gasteiger partial charge in [0.05, 0.1) is 41.8 Å². The standard InChI is InChI=1S/C18H20ClN3O5/c1-8(23)13-11-12(16(25)22(15(11)24)6-7-27-2)18(21-13)9-4-3-5-10(19)14(9)20-17(18)26/h3-5,8,11-13,21,23H,6-7H2,1-2H3,(H,20,26)/t8?,11-,12-,13?,18?/m0/s1. The van der Waals surface area contributed by atoms with Crippen LogP contribution in [0.25, 0.3) is 0 Å². The van der Waals surface area contributed by atoms with Crippen molar-refractivity contribution >= 4 is 35.0 Å². The van der Waals surface area contributed by atoms with Crippen LogP contribution in [-0.4, -0.2) is 60.1 Å². The fourth-order valence-electron chi connectivity index (χ4n) is 4.60. The molecule has 144 valence electrons. The van der Waals surface area contributed by atoms with Crippen molar-refractivity contribution in [3.63, 3.8) is 0 Å². The molecule has 1 aromatic rings. The number of aliphatic hydroxyl groups excluding tert-OH is 1. The van der Waals surface area contributed by atoms with E-state index in [1.54, 1.807) is 18.2 Å². The van der Waals surface area contributed by atoms with Crippen LogP contribution in [-0.2, 0) is 24.7 Å². The molecule has 2 saturated heterocycles. The molecule has 27 heavy (non-hydrogen) atoms. The van der Waals surface area contributed by atoms with Crippen molar-refractivity contribution in [1.29, 1.82) is 0 Å². The summed E-state index contributed by atoms with van der Waals surface area (Å²) in [6.45, 7) is 1.84. The van der Waals surface area contributed by atoms with Crippen LogP contribution in [0.2, 0.25) is 5.02 Å². The molecule has 3 N–H and O–H groups in total. The quantitative estimate of drug-likeness (QED) is 0.626. The highest BCUT2D eigenvalue weighted by Gasteiger charge is 2.71. The van der Waals surface area contributed by atoms with E-state index in [4.69, 9.17) is 16.3 Å². The van der Waals surface area contributed by atoms with Crippen LogP contribution in [0, 0.1) is 11.8 Å². The number of ether oxygens (including phenoxy) is 1. The number of nitrogens with zero attached hydrogens (tertiary/aromatic N) is 1. The molecule has 3 amide bonds. The Hall–Kier alpha value is -2.00. The normalized spacial score (nSPS) is 32.8. The van der Waals surface area contributed by atoms with Gasteiger partial charge in [-0.05, 0) is 13.0 Å². The van der Waals surface area contributed by atoms with Gasteiger partial charge in [-0.25, -0.2) is 0 Å². The topological polar surface area (TPSA) is 108 Å². The molecule has 3 heterocycles. The van der Waals surface area contributed by atoms with E-state index in [-0.39, 0.29) is 13.2 Å². The van der Waals surface area contributed by atoms with Crippen LogP contribution in [0.3, 0.4) is 0 Å². The van der Waals surface area contributed by atoms with E-state index in [9.17, 15) is 19.5 Å². The van der Waals surface area contributed by atoms with E-state index in [0.717, 1.165) is 4.90 Å². The van der Waals surface area contributed by atoms with Gasteiger partial charge in [-0.2, -0.15) is 0 Å². The Morgan fingerprint density at radius 1 is 1.33 bits per heavy atom. The Bertz CT molecular complexity index is 844. The Balaban J connectivity index is 1.87. The number of aliphatic hydroxyl groups is 1. The third kappa shape index (κ3) is 2.30. The molecule has 9 heteroatoms. The Morgan fingerprint density at radius 3 is 2.74 bits per heavy atom. The summed E-state index contributed by atoms with van der Waals surface area (Å²) < 4.78 is 5.00. The van der Waals surface area contributed by atoms with Gasteiger partial charge in [0.25, 0.3) is 0 Å². The Morgan fingerprint density at radius 2 is 2.07 bits per heavy atom. The number of hydrogen-bond acceptors (Lipinski definition) is 6. The maximum atomic E-state index is 13.2. The van der Waals surface area contributed by atoms with Crippen LogP contribution >= 0.6 is 11.6 Å². The molecule has 2 fully saturated rings. The number of carbonyl (C=O) groups excluding carboxylic acids is 3. The van der Waals surface area contributed by atoms with Gasteiger partial charge in [-0.1, -0.05) is 23.7 Å². The van der Waals surface area contributed by atoms with E-state index in [1.807, 2.05) is 0 Å². The molecule has 0 aromatic heterocycles. The third-order valence-corrected chi connectivity index (χ3v) is 6.08. The maximum Gasteiger partial charge on any atom is 0.250 e. The van der Waals surface area contributed by atoms with Gasteiger partial charge in [0.2, 0.25) is 17.7 Å². The predicted molar refractivity (Wildman–Crippen MR) is 95.9 cm³/mol. The van der Waals surface area contributed by atoms with Crippen molar-refractivity contribution in [3.05, 3.63) is 28.8 Å². The first-order valence-corrected chi connectivity index (χ1v) is 9.12. The lowest BCUT2D eigenvalue weighted by Crippen LogP contribution is -2.55. The highest BCUT2D eigenvalue weighted by molar-refractivity contribution is 6.35. The number of hydrogen-bond donors (Lipinski definition) is 3. The SMILES string of the molecule is COCCN1C(=O)[C@@H]2C(C(C)O)NC3(C(=O)Nc4c(Cl)cccc43)[C@@H]2C1=O. The molecule has 1 spiro atoms. The molecule has 1 aromatic carbocycles.